The van der Waals surface area contributed by atoms with Gasteiger partial charge in [-0.15, -0.1) is 0 Å². The second-order valence-electron chi connectivity index (χ2n) is 7.75. The van der Waals surface area contributed by atoms with E-state index in [-0.39, 0.29) is 11.7 Å². The van der Waals surface area contributed by atoms with Gasteiger partial charge in [0.1, 0.15) is 11.4 Å². The molecule has 1 spiro atoms. The molecule has 8 nitrogen and oxygen atoms in total. The van der Waals surface area contributed by atoms with Gasteiger partial charge in [-0.2, -0.15) is 0 Å². The van der Waals surface area contributed by atoms with Gasteiger partial charge in [0.05, 0.1) is 12.3 Å². The van der Waals surface area contributed by atoms with E-state index in [1.54, 1.807) is 10.5 Å². The van der Waals surface area contributed by atoms with Crippen molar-refractivity contribution in [1.29, 1.82) is 0 Å². The molecule has 0 N–H and O–H groups in total. The van der Waals surface area contributed by atoms with E-state index in [0.717, 1.165) is 31.8 Å². The highest BCUT2D eigenvalue weighted by atomic mass is 32.2. The first-order chi connectivity index (χ1) is 13.0. The Morgan fingerprint density at radius 1 is 1.26 bits per heavy atom. The summed E-state index contributed by atoms with van der Waals surface area (Å²) in [6.07, 6.45) is 6.86. The Bertz CT molecular complexity index is 792. The Hall–Kier alpha value is -1.45. The number of hydrogen-bond acceptors (Lipinski definition) is 5. The summed E-state index contributed by atoms with van der Waals surface area (Å²) in [5.41, 5.74) is -0.681. The number of amides is 1. The van der Waals surface area contributed by atoms with Gasteiger partial charge in [0.25, 0.3) is 5.91 Å². The van der Waals surface area contributed by atoms with Crippen LogP contribution in [0.2, 0.25) is 0 Å². The van der Waals surface area contributed by atoms with Gasteiger partial charge in [0.15, 0.2) is 6.10 Å². The lowest BCUT2D eigenvalue weighted by molar-refractivity contribution is -0.178. The van der Waals surface area contributed by atoms with Crippen molar-refractivity contribution in [1.82, 2.24) is 18.8 Å². The molecule has 9 heteroatoms. The minimum Gasteiger partial charge on any atom is -0.352 e. The largest absolute Gasteiger partial charge is 0.352 e. The van der Waals surface area contributed by atoms with Crippen LogP contribution in [0.3, 0.4) is 0 Å². The Labute approximate surface area is 160 Å². The first-order valence-electron chi connectivity index (χ1n) is 9.91. The molecule has 1 aromatic heterocycles. The number of fused-ring (bicyclic) bond motifs is 2. The lowest BCUT2D eigenvalue weighted by Crippen LogP contribution is -2.55. The van der Waals surface area contributed by atoms with Crippen LogP contribution in [0, 0.1) is 0 Å². The number of aromatic nitrogens is 2. The van der Waals surface area contributed by atoms with E-state index in [0.29, 0.717) is 38.9 Å². The van der Waals surface area contributed by atoms with Crippen LogP contribution in [0.5, 0.6) is 0 Å². The molecule has 1 amide bonds. The number of ether oxygens (including phenoxy) is 1. The molecule has 4 heterocycles. The standard InChI is InChI=1S/C18H28N4O4S/c1-2-13-27(24,25)22-10-5-18(6-11-22)17-19-7-12-21(17)14-15(26-18)16(23)20-8-3-4-9-20/h7,12,15H,2-6,8-11,13-14H2,1H3. The highest BCUT2D eigenvalue weighted by Gasteiger charge is 2.49. The van der Waals surface area contributed by atoms with Crippen molar-refractivity contribution in [2.75, 3.05) is 31.9 Å². The van der Waals surface area contributed by atoms with Gasteiger partial charge < -0.3 is 14.2 Å². The lowest BCUT2D eigenvalue weighted by atomic mass is 9.89. The van der Waals surface area contributed by atoms with E-state index in [2.05, 4.69) is 4.98 Å². The van der Waals surface area contributed by atoms with Gasteiger partial charge in [-0.05, 0) is 32.1 Å². The Morgan fingerprint density at radius 3 is 2.63 bits per heavy atom. The molecular formula is C18H28N4O4S. The first-order valence-corrected chi connectivity index (χ1v) is 11.5. The summed E-state index contributed by atoms with van der Waals surface area (Å²) in [4.78, 5) is 19.3. The molecule has 0 bridgehead atoms. The summed E-state index contributed by atoms with van der Waals surface area (Å²) >= 11 is 0. The summed E-state index contributed by atoms with van der Waals surface area (Å²) in [6, 6.07) is 0. The van der Waals surface area contributed by atoms with Gasteiger partial charge in [-0.25, -0.2) is 17.7 Å². The maximum absolute atomic E-state index is 12.9. The summed E-state index contributed by atoms with van der Waals surface area (Å²) < 4.78 is 34.8. The molecule has 1 aromatic rings. The summed E-state index contributed by atoms with van der Waals surface area (Å²) in [5.74, 6) is 1.04. The predicted octanol–water partition coefficient (Wildman–Crippen LogP) is 0.935. The number of piperidine rings is 1. The molecule has 1 unspecified atom stereocenters. The van der Waals surface area contributed by atoms with Crippen LogP contribution in [0.1, 0.15) is 44.9 Å². The van der Waals surface area contributed by atoms with Gasteiger partial charge in [-0.3, -0.25) is 4.79 Å². The number of imidazole rings is 1. The van der Waals surface area contributed by atoms with Crippen LogP contribution in [0.4, 0.5) is 0 Å². The monoisotopic (exact) mass is 396 g/mol. The van der Waals surface area contributed by atoms with Crippen LogP contribution >= 0.6 is 0 Å². The molecule has 3 aliphatic rings. The number of hydrogen-bond donors (Lipinski definition) is 0. The fraction of sp³-hybridized carbons (Fsp3) is 0.778. The second kappa shape index (κ2) is 7.18. The molecule has 2 fully saturated rings. The zero-order valence-corrected chi connectivity index (χ0v) is 16.7. The molecule has 2 saturated heterocycles. The number of sulfonamides is 1. The molecule has 0 aliphatic carbocycles. The zero-order chi connectivity index (χ0) is 19.1. The van der Waals surface area contributed by atoms with Crippen molar-refractivity contribution in [3.8, 4) is 0 Å². The molecule has 27 heavy (non-hydrogen) atoms. The minimum atomic E-state index is -3.22. The predicted molar refractivity (Wildman–Crippen MR) is 99.5 cm³/mol. The SMILES string of the molecule is CCCS(=O)(=O)N1CCC2(CC1)OC(C(=O)N1CCCC1)Cn1ccnc12. The summed E-state index contributed by atoms with van der Waals surface area (Å²) in [5, 5.41) is 0. The molecule has 0 aromatic carbocycles. The van der Waals surface area contributed by atoms with E-state index in [1.165, 1.54) is 0 Å². The zero-order valence-electron chi connectivity index (χ0n) is 15.8. The van der Waals surface area contributed by atoms with Crippen molar-refractivity contribution >= 4 is 15.9 Å². The minimum absolute atomic E-state index is 0.0484. The maximum Gasteiger partial charge on any atom is 0.253 e. The lowest BCUT2D eigenvalue weighted by Gasteiger charge is -2.45. The average molecular weight is 397 g/mol. The number of nitrogens with zero attached hydrogens (tertiary/aromatic N) is 4. The molecule has 3 aliphatic heterocycles. The Kier molecular flexibility index (Phi) is 5.02. The molecule has 150 valence electrons. The number of carbonyl (C=O) groups excluding carboxylic acids is 1. The van der Waals surface area contributed by atoms with Crippen molar-refractivity contribution in [2.45, 2.75) is 57.3 Å². The number of carbonyl (C=O) groups is 1. The van der Waals surface area contributed by atoms with Gasteiger partial charge in [-0.1, -0.05) is 6.92 Å². The summed E-state index contributed by atoms with van der Waals surface area (Å²) in [6.45, 7) is 4.75. The fourth-order valence-corrected chi connectivity index (χ4v) is 6.03. The van der Waals surface area contributed by atoms with Crippen molar-refractivity contribution < 1.29 is 17.9 Å². The third-order valence-corrected chi connectivity index (χ3v) is 8.01. The normalized spacial score (nSPS) is 25.7. The van der Waals surface area contributed by atoms with Crippen LogP contribution < -0.4 is 0 Å². The van der Waals surface area contributed by atoms with E-state index in [4.69, 9.17) is 4.74 Å². The smallest absolute Gasteiger partial charge is 0.253 e. The molecular weight excluding hydrogens is 368 g/mol. The van der Waals surface area contributed by atoms with Crippen molar-refractivity contribution in [2.24, 2.45) is 0 Å². The number of rotatable bonds is 4. The number of likely N-dealkylation sites (tertiary alicyclic amines) is 1. The third-order valence-electron chi connectivity index (χ3n) is 5.93. The van der Waals surface area contributed by atoms with E-state index >= 15 is 0 Å². The first kappa shape index (κ1) is 18.9. The van der Waals surface area contributed by atoms with Crippen LogP contribution in [0.25, 0.3) is 0 Å². The Morgan fingerprint density at radius 2 is 1.96 bits per heavy atom. The van der Waals surface area contributed by atoms with Crippen LogP contribution in [0.15, 0.2) is 12.4 Å². The highest BCUT2D eigenvalue weighted by molar-refractivity contribution is 7.89. The maximum atomic E-state index is 12.9. The quantitative estimate of drug-likeness (QED) is 0.756. The van der Waals surface area contributed by atoms with Gasteiger partial charge >= 0.3 is 0 Å². The van der Waals surface area contributed by atoms with E-state index in [9.17, 15) is 13.2 Å². The molecule has 4 rings (SSSR count). The van der Waals surface area contributed by atoms with Crippen molar-refractivity contribution in [3.63, 3.8) is 0 Å². The van der Waals surface area contributed by atoms with E-state index in [1.807, 2.05) is 22.6 Å². The van der Waals surface area contributed by atoms with Gasteiger partial charge in [0.2, 0.25) is 10.0 Å². The second-order valence-corrected chi connectivity index (χ2v) is 9.84. The van der Waals surface area contributed by atoms with Crippen LogP contribution in [-0.2, 0) is 31.7 Å². The highest BCUT2D eigenvalue weighted by Crippen LogP contribution is 2.41. The van der Waals surface area contributed by atoms with E-state index < -0.39 is 21.7 Å². The Balaban J connectivity index is 1.54. The fourth-order valence-electron chi connectivity index (χ4n) is 4.52. The topological polar surface area (TPSA) is 84.7 Å². The van der Waals surface area contributed by atoms with Crippen molar-refractivity contribution in [3.05, 3.63) is 18.2 Å². The summed E-state index contributed by atoms with van der Waals surface area (Å²) in [7, 11) is -3.22. The van der Waals surface area contributed by atoms with Crippen LogP contribution in [-0.4, -0.2) is 71.1 Å². The van der Waals surface area contributed by atoms with Gasteiger partial charge in [0, 0.05) is 38.6 Å². The third kappa shape index (κ3) is 3.40. The molecule has 0 saturated carbocycles. The molecule has 1 atom stereocenters. The average Bonchev–Trinajstić information content (AvgIpc) is 3.33. The molecule has 0 radical (unpaired) electrons.